The quantitative estimate of drug-likeness (QED) is 0.686. The Hall–Kier alpha value is -2.68. The number of phenols is 1. The second-order valence-corrected chi connectivity index (χ2v) is 5.52. The number of hydrogen-bond donors (Lipinski definition) is 1. The highest BCUT2D eigenvalue weighted by atomic mass is 16.3. The highest BCUT2D eigenvalue weighted by Gasteiger charge is 2.02. The van der Waals surface area contributed by atoms with Crippen LogP contribution in [0.5, 0.6) is 5.75 Å². The fraction of sp³-hybridized carbons (Fsp3) is 0.200. The van der Waals surface area contributed by atoms with Crippen molar-refractivity contribution in [3.8, 4) is 5.75 Å². The predicted molar refractivity (Wildman–Crippen MR) is 95.7 cm³/mol. The smallest absolute Gasteiger partial charge is 0.141 e. The van der Waals surface area contributed by atoms with Gasteiger partial charge in [-0.2, -0.15) is 0 Å². The van der Waals surface area contributed by atoms with Crippen LogP contribution in [-0.2, 0) is 12.8 Å². The monoisotopic (exact) mass is 304 g/mol. The van der Waals surface area contributed by atoms with E-state index in [1.807, 2.05) is 42.6 Å². The molecule has 0 radical (unpaired) electrons. The number of hydrogen-bond acceptors (Lipinski definition) is 3. The molecule has 0 spiro atoms. The van der Waals surface area contributed by atoms with E-state index in [4.69, 9.17) is 0 Å². The first-order valence-electron chi connectivity index (χ1n) is 7.95. The Kier molecular flexibility index (Phi) is 4.67. The molecular formula is C20H20N2O. The molecule has 3 aromatic rings. The molecule has 2 aromatic carbocycles. The second kappa shape index (κ2) is 7.05. The van der Waals surface area contributed by atoms with Crippen molar-refractivity contribution in [2.45, 2.75) is 26.2 Å². The Balaban J connectivity index is 1.63. The topological polar surface area (TPSA) is 45.5 Å². The molecule has 0 atom stereocenters. The summed E-state index contributed by atoms with van der Waals surface area (Å²) < 4.78 is 0. The maximum atomic E-state index is 9.87. The van der Waals surface area contributed by atoms with Crippen LogP contribution in [-0.4, -0.2) is 16.3 Å². The van der Waals surface area contributed by atoms with E-state index in [0.29, 0.717) is 5.52 Å². The van der Waals surface area contributed by atoms with Gasteiger partial charge in [-0.15, -0.1) is 0 Å². The van der Waals surface area contributed by atoms with E-state index < -0.39 is 0 Å². The summed E-state index contributed by atoms with van der Waals surface area (Å²) in [5.41, 5.74) is 3.93. The molecule has 1 heterocycles. The number of aromatic hydroxyl groups is 1. The van der Waals surface area contributed by atoms with Gasteiger partial charge >= 0.3 is 0 Å². The summed E-state index contributed by atoms with van der Waals surface area (Å²) in [6.45, 7) is 2.15. The first-order chi connectivity index (χ1) is 11.3. The maximum Gasteiger partial charge on any atom is 0.141 e. The van der Waals surface area contributed by atoms with Crippen LogP contribution in [0, 0.1) is 0 Å². The lowest BCUT2D eigenvalue weighted by Crippen LogP contribution is -1.91. The van der Waals surface area contributed by atoms with Gasteiger partial charge in [-0.05, 0) is 49.1 Å². The van der Waals surface area contributed by atoms with Crippen molar-refractivity contribution in [3.63, 3.8) is 0 Å². The minimum absolute atomic E-state index is 0.231. The maximum absolute atomic E-state index is 9.87. The molecule has 3 rings (SSSR count). The van der Waals surface area contributed by atoms with Gasteiger partial charge < -0.3 is 5.11 Å². The molecule has 0 aliphatic heterocycles. The van der Waals surface area contributed by atoms with Gasteiger partial charge in [0.1, 0.15) is 11.3 Å². The summed E-state index contributed by atoms with van der Waals surface area (Å²) in [7, 11) is 0. The van der Waals surface area contributed by atoms with Crippen molar-refractivity contribution in [3.05, 3.63) is 65.9 Å². The number of aliphatic imine (C=N–C) groups is 1. The summed E-state index contributed by atoms with van der Waals surface area (Å²) in [6.07, 6.45) is 4.60. The second-order valence-electron chi connectivity index (χ2n) is 5.52. The lowest BCUT2D eigenvalue weighted by Gasteiger charge is -2.03. The van der Waals surface area contributed by atoms with Gasteiger partial charge in [-0.1, -0.05) is 37.3 Å². The van der Waals surface area contributed by atoms with Crippen molar-refractivity contribution < 1.29 is 5.11 Å². The minimum atomic E-state index is 0.231. The molecule has 1 aromatic heterocycles. The average molecular weight is 304 g/mol. The molecule has 0 fully saturated rings. The van der Waals surface area contributed by atoms with Gasteiger partial charge in [0.05, 0.1) is 5.69 Å². The van der Waals surface area contributed by atoms with Crippen molar-refractivity contribution in [1.82, 2.24) is 4.98 Å². The predicted octanol–water partition coefficient (Wildman–Crippen LogP) is 4.84. The van der Waals surface area contributed by atoms with E-state index in [0.717, 1.165) is 36.0 Å². The Morgan fingerprint density at radius 2 is 1.87 bits per heavy atom. The van der Waals surface area contributed by atoms with Gasteiger partial charge in [-0.25, -0.2) is 4.98 Å². The molecule has 0 unspecified atom stereocenters. The largest absolute Gasteiger partial charge is 0.506 e. The fourth-order valence-electron chi connectivity index (χ4n) is 2.51. The number of pyridine rings is 1. The van der Waals surface area contributed by atoms with E-state index in [2.05, 4.69) is 29.0 Å². The molecule has 0 bridgehead atoms. The van der Waals surface area contributed by atoms with Crippen LogP contribution in [0.1, 0.15) is 24.6 Å². The molecule has 0 aliphatic rings. The van der Waals surface area contributed by atoms with Gasteiger partial charge in [-0.3, -0.25) is 4.99 Å². The van der Waals surface area contributed by atoms with Crippen molar-refractivity contribution in [2.24, 2.45) is 4.99 Å². The number of rotatable bonds is 5. The van der Waals surface area contributed by atoms with Crippen LogP contribution in [0.15, 0.2) is 59.6 Å². The van der Waals surface area contributed by atoms with Crippen LogP contribution in [0.4, 0.5) is 5.69 Å². The van der Waals surface area contributed by atoms with E-state index in [-0.39, 0.29) is 5.75 Å². The first-order valence-corrected chi connectivity index (χ1v) is 7.95. The number of aromatic nitrogens is 1. The third-order valence-electron chi connectivity index (χ3n) is 3.87. The molecule has 116 valence electrons. The van der Waals surface area contributed by atoms with Gasteiger partial charge in [0.2, 0.25) is 0 Å². The van der Waals surface area contributed by atoms with Gasteiger partial charge in [0, 0.05) is 17.3 Å². The Labute approximate surface area is 136 Å². The fourth-order valence-corrected chi connectivity index (χ4v) is 2.51. The normalized spacial score (nSPS) is 11.3. The molecule has 3 heteroatoms. The summed E-state index contributed by atoms with van der Waals surface area (Å²) in [5, 5.41) is 10.8. The number of nitrogens with zero attached hydrogens (tertiary/aromatic N) is 2. The van der Waals surface area contributed by atoms with Crippen LogP contribution >= 0.6 is 0 Å². The summed E-state index contributed by atoms with van der Waals surface area (Å²) in [5.74, 6) is 0.231. The van der Waals surface area contributed by atoms with Gasteiger partial charge in [0.25, 0.3) is 0 Å². The zero-order chi connectivity index (χ0) is 16.1. The number of para-hydroxylation sites is 1. The lowest BCUT2D eigenvalue weighted by molar-refractivity contribution is 0.480. The third-order valence-corrected chi connectivity index (χ3v) is 3.87. The number of aryl methyl sites for hydroxylation is 2. The number of fused-ring (bicyclic) bond motifs is 1. The van der Waals surface area contributed by atoms with Crippen molar-refractivity contribution in [1.29, 1.82) is 0 Å². The van der Waals surface area contributed by atoms with Crippen molar-refractivity contribution in [2.75, 3.05) is 0 Å². The molecule has 0 amide bonds. The summed E-state index contributed by atoms with van der Waals surface area (Å²) in [6, 6.07) is 17.8. The van der Waals surface area contributed by atoms with E-state index in [9.17, 15) is 5.11 Å². The summed E-state index contributed by atoms with van der Waals surface area (Å²) in [4.78, 5) is 9.00. The van der Waals surface area contributed by atoms with Crippen LogP contribution in [0.25, 0.3) is 10.9 Å². The van der Waals surface area contributed by atoms with Crippen LogP contribution < -0.4 is 0 Å². The highest BCUT2D eigenvalue weighted by molar-refractivity contribution is 5.84. The summed E-state index contributed by atoms with van der Waals surface area (Å²) >= 11 is 0. The number of phenolic OH excluding ortho intramolecular Hbond substituents is 1. The molecule has 0 aliphatic carbocycles. The first kappa shape index (κ1) is 15.2. The SMILES string of the molecule is CCc1ccc(N=CCCc2ccc3cccc(O)c3n2)cc1. The third kappa shape index (κ3) is 3.75. The number of benzene rings is 2. The molecule has 23 heavy (non-hydrogen) atoms. The molecule has 0 saturated heterocycles. The molecule has 3 nitrogen and oxygen atoms in total. The van der Waals surface area contributed by atoms with Gasteiger partial charge in [0.15, 0.2) is 0 Å². The van der Waals surface area contributed by atoms with Crippen molar-refractivity contribution >= 4 is 22.8 Å². The minimum Gasteiger partial charge on any atom is -0.506 e. The molecule has 0 saturated carbocycles. The Bertz CT molecular complexity index is 823. The lowest BCUT2D eigenvalue weighted by atomic mass is 10.1. The molecule has 1 N–H and O–H groups in total. The van der Waals surface area contributed by atoms with Crippen LogP contribution in [0.3, 0.4) is 0 Å². The van der Waals surface area contributed by atoms with E-state index in [1.54, 1.807) is 6.07 Å². The average Bonchev–Trinajstić information content (AvgIpc) is 2.60. The zero-order valence-corrected chi connectivity index (χ0v) is 13.2. The zero-order valence-electron chi connectivity index (χ0n) is 13.2. The Morgan fingerprint density at radius 3 is 2.65 bits per heavy atom. The van der Waals surface area contributed by atoms with Crippen LogP contribution in [0.2, 0.25) is 0 Å². The van der Waals surface area contributed by atoms with E-state index in [1.165, 1.54) is 5.56 Å². The highest BCUT2D eigenvalue weighted by Crippen LogP contribution is 2.22. The standard InChI is InChI=1S/C20H20N2O/c1-2-15-8-11-17(12-9-15)21-14-4-6-18-13-10-16-5-3-7-19(23)20(16)22-18/h3,5,7-14,23H,2,4,6H2,1H3. The molecular weight excluding hydrogens is 284 g/mol. The Morgan fingerprint density at radius 1 is 1.04 bits per heavy atom. The van der Waals surface area contributed by atoms with E-state index >= 15 is 0 Å².